The predicted octanol–water partition coefficient (Wildman–Crippen LogP) is 6.27. The van der Waals surface area contributed by atoms with Gasteiger partial charge in [-0.3, -0.25) is 0 Å². The normalized spacial score (nSPS) is 11.2. The topological polar surface area (TPSA) is 50.2 Å². The lowest BCUT2D eigenvalue weighted by molar-refractivity contribution is 1.16. The number of nitrogens with one attached hydrogen (secondary N) is 1. The Bertz CT molecular complexity index is 1110. The van der Waals surface area contributed by atoms with Crippen molar-refractivity contribution in [2.45, 2.75) is 0 Å². The first kappa shape index (κ1) is 17.8. The molecule has 0 radical (unpaired) electrons. The lowest BCUT2D eigenvalue weighted by Crippen LogP contribution is -1.99. The third kappa shape index (κ3) is 4.23. The molecule has 0 aliphatic rings. The number of benzene rings is 3. The predicted molar refractivity (Wildman–Crippen MR) is 118 cm³/mol. The van der Waals surface area contributed by atoms with E-state index in [2.05, 4.69) is 47.4 Å². The second-order valence-corrected chi connectivity index (χ2v) is 7.68. The van der Waals surface area contributed by atoms with Crippen LogP contribution in [0.3, 0.4) is 0 Å². The van der Waals surface area contributed by atoms with Gasteiger partial charge < -0.3 is 0 Å². The number of hydrogen-bond donors (Lipinski definition) is 1. The Morgan fingerprint density at radius 2 is 1.56 bits per heavy atom. The molecule has 132 valence electrons. The molecular weight excluding hydrogens is 468 g/mol. The zero-order chi connectivity index (χ0) is 18.6. The average molecular weight is 482 g/mol. The first-order valence-electron chi connectivity index (χ1n) is 8.26. The highest BCUT2D eigenvalue weighted by Gasteiger charge is 2.10. The molecule has 6 heteroatoms. The van der Waals surface area contributed by atoms with E-state index in [9.17, 15) is 0 Å². The van der Waals surface area contributed by atoms with Gasteiger partial charge in [-0.15, -0.1) is 0 Å². The first-order chi connectivity index (χ1) is 13.2. The molecule has 0 amide bonds. The number of hydrogen-bond acceptors (Lipinski definition) is 4. The largest absolute Gasteiger partial charge is 0.245 e. The Hall–Kier alpha value is -2.57. The van der Waals surface area contributed by atoms with Crippen LogP contribution >= 0.6 is 31.9 Å². The summed E-state index contributed by atoms with van der Waals surface area (Å²) in [5.41, 5.74) is 6.68. The van der Waals surface area contributed by atoms with Crippen molar-refractivity contribution >= 4 is 54.9 Å². The van der Waals surface area contributed by atoms with Crippen LogP contribution < -0.4 is 5.43 Å². The number of halogens is 2. The van der Waals surface area contributed by atoms with Crippen LogP contribution in [-0.4, -0.2) is 16.2 Å². The summed E-state index contributed by atoms with van der Waals surface area (Å²) < 4.78 is 2.02. The van der Waals surface area contributed by atoms with Crippen LogP contribution in [0.25, 0.3) is 22.2 Å². The highest BCUT2D eigenvalue weighted by Crippen LogP contribution is 2.29. The van der Waals surface area contributed by atoms with Gasteiger partial charge in [0.25, 0.3) is 0 Å². The summed E-state index contributed by atoms with van der Waals surface area (Å²) in [7, 11) is 0. The molecule has 1 heterocycles. The minimum Gasteiger partial charge on any atom is -0.245 e. The summed E-state index contributed by atoms with van der Waals surface area (Å²) in [6.07, 6.45) is 1.74. The van der Waals surface area contributed by atoms with Crippen LogP contribution in [0.15, 0.2) is 86.8 Å². The smallest absolute Gasteiger partial charge is 0.244 e. The fraction of sp³-hybridized carbons (Fsp3) is 0. The van der Waals surface area contributed by atoms with E-state index in [0.29, 0.717) is 5.95 Å². The molecule has 0 spiro atoms. The Balaban J connectivity index is 1.71. The van der Waals surface area contributed by atoms with Gasteiger partial charge >= 0.3 is 0 Å². The van der Waals surface area contributed by atoms with Crippen molar-refractivity contribution in [2.24, 2.45) is 5.10 Å². The molecule has 27 heavy (non-hydrogen) atoms. The minimum absolute atomic E-state index is 0.456. The van der Waals surface area contributed by atoms with Gasteiger partial charge in [-0.2, -0.15) is 5.10 Å². The van der Waals surface area contributed by atoms with Gasteiger partial charge in [0.15, 0.2) is 0 Å². The Morgan fingerprint density at radius 3 is 2.33 bits per heavy atom. The molecule has 1 N–H and O–H groups in total. The third-order valence-corrected chi connectivity index (χ3v) is 4.98. The van der Waals surface area contributed by atoms with Gasteiger partial charge in [0.05, 0.1) is 17.4 Å². The highest BCUT2D eigenvalue weighted by atomic mass is 79.9. The molecule has 0 unspecified atom stereocenters. The Kier molecular flexibility index (Phi) is 5.27. The van der Waals surface area contributed by atoms with Gasteiger partial charge in [-0.25, -0.2) is 15.4 Å². The number of rotatable bonds is 4. The second-order valence-electron chi connectivity index (χ2n) is 5.84. The van der Waals surface area contributed by atoms with Crippen LogP contribution in [0.2, 0.25) is 0 Å². The monoisotopic (exact) mass is 480 g/mol. The molecule has 0 saturated carbocycles. The molecule has 0 aliphatic heterocycles. The number of anilines is 1. The van der Waals surface area contributed by atoms with Crippen LogP contribution in [0.4, 0.5) is 5.95 Å². The maximum absolute atomic E-state index is 4.69. The van der Waals surface area contributed by atoms with Crippen LogP contribution in [0.1, 0.15) is 5.56 Å². The van der Waals surface area contributed by atoms with E-state index in [-0.39, 0.29) is 0 Å². The van der Waals surface area contributed by atoms with Crippen molar-refractivity contribution in [1.29, 1.82) is 0 Å². The van der Waals surface area contributed by atoms with Gasteiger partial charge in [0.1, 0.15) is 0 Å². The quantitative estimate of drug-likeness (QED) is 0.276. The molecular formula is C21H14Br2N4. The fourth-order valence-corrected chi connectivity index (χ4v) is 3.31. The van der Waals surface area contributed by atoms with Gasteiger partial charge in [-0.05, 0) is 35.9 Å². The van der Waals surface area contributed by atoms with E-state index in [4.69, 9.17) is 4.98 Å². The van der Waals surface area contributed by atoms with E-state index in [1.165, 1.54) is 0 Å². The third-order valence-electron chi connectivity index (χ3n) is 3.95. The summed E-state index contributed by atoms with van der Waals surface area (Å²) >= 11 is 6.96. The number of fused-ring (bicyclic) bond motifs is 1. The van der Waals surface area contributed by atoms with E-state index >= 15 is 0 Å². The lowest BCUT2D eigenvalue weighted by atomic mass is 10.1. The van der Waals surface area contributed by atoms with E-state index in [0.717, 1.165) is 36.7 Å². The first-order valence-corrected chi connectivity index (χ1v) is 9.85. The van der Waals surface area contributed by atoms with Crippen LogP contribution in [0, 0.1) is 0 Å². The number of aromatic nitrogens is 2. The molecule has 4 aromatic rings. The molecule has 1 aromatic heterocycles. The Labute approximate surface area is 173 Å². The zero-order valence-corrected chi connectivity index (χ0v) is 17.3. The standard InChI is InChI=1S/C21H14Br2N4/c22-16-8-6-14(7-9-16)13-24-27-21-25-19-11-10-17(23)12-18(19)20(26-21)15-4-2-1-3-5-15/h1-13H,(H,25,26,27)/b24-13-. The number of nitrogens with zero attached hydrogens (tertiary/aromatic N) is 3. The highest BCUT2D eigenvalue weighted by molar-refractivity contribution is 9.10. The molecule has 0 bridgehead atoms. The summed E-state index contributed by atoms with van der Waals surface area (Å²) in [5, 5.41) is 5.26. The molecule has 4 rings (SSSR count). The van der Waals surface area contributed by atoms with Crippen LogP contribution in [-0.2, 0) is 0 Å². The minimum atomic E-state index is 0.456. The van der Waals surface area contributed by atoms with Gasteiger partial charge in [0.2, 0.25) is 5.95 Å². The summed E-state index contributed by atoms with van der Waals surface area (Å²) in [6, 6.07) is 23.9. The van der Waals surface area contributed by atoms with Crippen molar-refractivity contribution in [2.75, 3.05) is 5.43 Å². The van der Waals surface area contributed by atoms with Crippen molar-refractivity contribution in [1.82, 2.24) is 9.97 Å². The Morgan fingerprint density at radius 1 is 0.815 bits per heavy atom. The van der Waals surface area contributed by atoms with Crippen molar-refractivity contribution in [3.05, 3.63) is 87.3 Å². The summed E-state index contributed by atoms with van der Waals surface area (Å²) in [6.45, 7) is 0. The molecule has 0 fully saturated rings. The second kappa shape index (κ2) is 7.98. The summed E-state index contributed by atoms with van der Waals surface area (Å²) in [4.78, 5) is 9.28. The summed E-state index contributed by atoms with van der Waals surface area (Å²) in [5.74, 6) is 0.456. The van der Waals surface area contributed by atoms with Crippen molar-refractivity contribution < 1.29 is 0 Å². The maximum Gasteiger partial charge on any atom is 0.244 e. The maximum atomic E-state index is 4.69. The van der Waals surface area contributed by atoms with Crippen LogP contribution in [0.5, 0.6) is 0 Å². The average Bonchev–Trinajstić information content (AvgIpc) is 2.70. The molecule has 0 atom stereocenters. The fourth-order valence-electron chi connectivity index (χ4n) is 2.68. The number of hydrazone groups is 1. The van der Waals surface area contributed by atoms with Crippen molar-refractivity contribution in [3.8, 4) is 11.3 Å². The van der Waals surface area contributed by atoms with E-state index in [1.54, 1.807) is 6.21 Å². The lowest BCUT2D eigenvalue weighted by Gasteiger charge is -2.09. The van der Waals surface area contributed by atoms with Crippen molar-refractivity contribution in [3.63, 3.8) is 0 Å². The van der Waals surface area contributed by atoms with E-state index in [1.807, 2.05) is 72.8 Å². The molecule has 0 aliphatic carbocycles. The molecule has 4 nitrogen and oxygen atoms in total. The van der Waals surface area contributed by atoms with Gasteiger partial charge in [0, 0.05) is 19.9 Å². The molecule has 0 saturated heterocycles. The molecule has 3 aromatic carbocycles. The zero-order valence-electron chi connectivity index (χ0n) is 14.1. The van der Waals surface area contributed by atoms with E-state index < -0.39 is 0 Å². The van der Waals surface area contributed by atoms with Gasteiger partial charge in [-0.1, -0.05) is 74.3 Å². The SMILES string of the molecule is Brc1ccc(/C=N\Nc2nc(-c3ccccc3)c3cc(Br)ccc3n2)cc1.